The first-order valence-electron chi connectivity index (χ1n) is 7.04. The summed E-state index contributed by atoms with van der Waals surface area (Å²) in [5, 5.41) is 11.9. The van der Waals surface area contributed by atoms with E-state index in [1.807, 2.05) is 54.6 Å². The standard InChI is InChI=1S/C18H14N2O3/c1-23-16-11-14-8-10-15(9-7-13-5-3-2-4-6-13)19-18(14)17(12-16)20(21)22/h2-12H,1H3/b9-7+. The monoisotopic (exact) mass is 306 g/mol. The average Bonchev–Trinajstić information content (AvgIpc) is 2.59. The molecule has 0 saturated heterocycles. The van der Waals surface area contributed by atoms with Crippen LogP contribution in [-0.4, -0.2) is 17.0 Å². The zero-order valence-electron chi connectivity index (χ0n) is 12.5. The SMILES string of the molecule is COc1cc([N+](=O)[O-])c2nc(/C=C/c3ccccc3)ccc2c1. The summed E-state index contributed by atoms with van der Waals surface area (Å²) in [5.74, 6) is 0.443. The lowest BCUT2D eigenvalue weighted by atomic mass is 10.1. The Hall–Kier alpha value is -3.21. The summed E-state index contributed by atoms with van der Waals surface area (Å²) in [6, 6.07) is 16.6. The highest BCUT2D eigenvalue weighted by atomic mass is 16.6. The second kappa shape index (κ2) is 6.27. The molecule has 1 aromatic heterocycles. The number of hydrogen-bond acceptors (Lipinski definition) is 4. The van der Waals surface area contributed by atoms with E-state index in [0.29, 0.717) is 22.3 Å². The molecule has 0 fully saturated rings. The van der Waals surface area contributed by atoms with Gasteiger partial charge in [0, 0.05) is 5.39 Å². The summed E-state index contributed by atoms with van der Waals surface area (Å²) < 4.78 is 5.10. The van der Waals surface area contributed by atoms with Gasteiger partial charge in [-0.1, -0.05) is 42.5 Å². The Labute approximate surface area is 133 Å². The first-order chi connectivity index (χ1) is 11.2. The van der Waals surface area contributed by atoms with E-state index < -0.39 is 4.92 Å². The Bertz CT molecular complexity index is 889. The van der Waals surface area contributed by atoms with Crippen LogP contribution < -0.4 is 4.74 Å². The van der Waals surface area contributed by atoms with Crippen LogP contribution in [0.2, 0.25) is 0 Å². The Morgan fingerprint density at radius 3 is 2.57 bits per heavy atom. The zero-order valence-corrected chi connectivity index (χ0v) is 12.5. The molecule has 0 aliphatic heterocycles. The van der Waals surface area contributed by atoms with Crippen molar-refractivity contribution in [3.05, 3.63) is 76.0 Å². The smallest absolute Gasteiger partial charge is 0.299 e. The van der Waals surface area contributed by atoms with E-state index in [9.17, 15) is 10.1 Å². The molecule has 3 rings (SSSR count). The molecule has 0 spiro atoms. The van der Waals surface area contributed by atoms with Crippen molar-refractivity contribution in [2.45, 2.75) is 0 Å². The topological polar surface area (TPSA) is 65.3 Å². The second-order valence-corrected chi connectivity index (χ2v) is 4.96. The van der Waals surface area contributed by atoms with E-state index >= 15 is 0 Å². The lowest BCUT2D eigenvalue weighted by Gasteiger charge is -2.04. The fraction of sp³-hybridized carbons (Fsp3) is 0.0556. The number of non-ortho nitro benzene ring substituents is 1. The number of nitro benzene ring substituents is 1. The fourth-order valence-corrected chi connectivity index (χ4v) is 2.30. The van der Waals surface area contributed by atoms with Gasteiger partial charge in [-0.2, -0.15) is 0 Å². The van der Waals surface area contributed by atoms with Crippen molar-refractivity contribution in [2.24, 2.45) is 0 Å². The van der Waals surface area contributed by atoms with Gasteiger partial charge >= 0.3 is 0 Å². The van der Waals surface area contributed by atoms with Gasteiger partial charge in [0.1, 0.15) is 11.3 Å². The molecule has 0 atom stereocenters. The largest absolute Gasteiger partial charge is 0.496 e. The van der Waals surface area contributed by atoms with E-state index in [1.165, 1.54) is 13.2 Å². The van der Waals surface area contributed by atoms with Gasteiger partial charge in [0.25, 0.3) is 5.69 Å². The Morgan fingerprint density at radius 2 is 1.87 bits per heavy atom. The van der Waals surface area contributed by atoms with Gasteiger partial charge in [-0.05, 0) is 23.8 Å². The van der Waals surface area contributed by atoms with Gasteiger partial charge in [0.15, 0.2) is 0 Å². The summed E-state index contributed by atoms with van der Waals surface area (Å²) in [4.78, 5) is 15.2. The second-order valence-electron chi connectivity index (χ2n) is 4.96. The van der Waals surface area contributed by atoms with Crippen molar-refractivity contribution in [1.82, 2.24) is 4.98 Å². The molecular weight excluding hydrogens is 292 g/mol. The molecule has 114 valence electrons. The third-order valence-electron chi connectivity index (χ3n) is 3.45. The molecule has 3 aromatic rings. The predicted octanol–water partition coefficient (Wildman–Crippen LogP) is 4.32. The van der Waals surface area contributed by atoms with Crippen LogP contribution in [0.5, 0.6) is 5.75 Å². The Kier molecular flexibility index (Phi) is 4.01. The van der Waals surface area contributed by atoms with Crippen LogP contribution in [0.15, 0.2) is 54.6 Å². The number of nitrogens with zero attached hydrogens (tertiary/aromatic N) is 2. The lowest BCUT2D eigenvalue weighted by Crippen LogP contribution is -1.94. The molecule has 0 aliphatic carbocycles. The molecule has 2 aromatic carbocycles. The van der Waals surface area contributed by atoms with Gasteiger partial charge in [0.2, 0.25) is 0 Å². The minimum absolute atomic E-state index is 0.0608. The fourth-order valence-electron chi connectivity index (χ4n) is 2.30. The normalized spacial score (nSPS) is 11.0. The lowest BCUT2D eigenvalue weighted by molar-refractivity contribution is -0.383. The van der Waals surface area contributed by atoms with Gasteiger partial charge in [-0.15, -0.1) is 0 Å². The quantitative estimate of drug-likeness (QED) is 0.532. The number of ether oxygens (including phenoxy) is 1. The Morgan fingerprint density at radius 1 is 1.09 bits per heavy atom. The van der Waals surface area contributed by atoms with Crippen molar-refractivity contribution in [2.75, 3.05) is 7.11 Å². The van der Waals surface area contributed by atoms with E-state index in [2.05, 4.69) is 4.98 Å². The van der Waals surface area contributed by atoms with Gasteiger partial charge < -0.3 is 4.74 Å². The first-order valence-corrected chi connectivity index (χ1v) is 7.04. The van der Waals surface area contributed by atoms with Crippen LogP contribution in [0, 0.1) is 10.1 Å². The zero-order chi connectivity index (χ0) is 16.2. The van der Waals surface area contributed by atoms with Crippen LogP contribution in [0.3, 0.4) is 0 Å². The summed E-state index contributed by atoms with van der Waals surface area (Å²) in [7, 11) is 1.48. The van der Waals surface area contributed by atoms with Crippen molar-refractivity contribution in [3.8, 4) is 5.75 Å². The minimum Gasteiger partial charge on any atom is -0.496 e. The highest BCUT2D eigenvalue weighted by Crippen LogP contribution is 2.30. The maximum Gasteiger partial charge on any atom is 0.299 e. The molecule has 0 radical (unpaired) electrons. The Balaban J connectivity index is 2.06. The molecule has 23 heavy (non-hydrogen) atoms. The predicted molar refractivity (Wildman–Crippen MR) is 90.3 cm³/mol. The van der Waals surface area contributed by atoms with Gasteiger partial charge in [0.05, 0.1) is 23.8 Å². The maximum atomic E-state index is 11.3. The van der Waals surface area contributed by atoms with E-state index in [4.69, 9.17) is 4.74 Å². The molecule has 0 amide bonds. The number of nitro groups is 1. The van der Waals surface area contributed by atoms with Crippen LogP contribution in [0.25, 0.3) is 23.1 Å². The average molecular weight is 306 g/mol. The van der Waals surface area contributed by atoms with Crippen molar-refractivity contribution >= 4 is 28.7 Å². The first kappa shape index (κ1) is 14.7. The van der Waals surface area contributed by atoms with Crippen LogP contribution in [-0.2, 0) is 0 Å². The molecule has 0 bridgehead atoms. The number of hydrogen-bond donors (Lipinski definition) is 0. The summed E-state index contributed by atoms with van der Waals surface area (Å²) in [5.41, 5.74) is 1.99. The van der Waals surface area contributed by atoms with Gasteiger partial charge in [-0.25, -0.2) is 4.98 Å². The summed E-state index contributed by atoms with van der Waals surface area (Å²) >= 11 is 0. The summed E-state index contributed by atoms with van der Waals surface area (Å²) in [6.07, 6.45) is 3.76. The number of aromatic nitrogens is 1. The highest BCUT2D eigenvalue weighted by Gasteiger charge is 2.15. The molecule has 0 saturated carbocycles. The highest BCUT2D eigenvalue weighted by molar-refractivity contribution is 5.90. The third kappa shape index (κ3) is 3.18. The van der Waals surface area contributed by atoms with E-state index in [1.54, 1.807) is 6.07 Å². The molecule has 5 heteroatoms. The molecule has 5 nitrogen and oxygen atoms in total. The van der Waals surface area contributed by atoms with E-state index in [-0.39, 0.29) is 5.69 Å². The number of fused-ring (bicyclic) bond motifs is 1. The van der Waals surface area contributed by atoms with Crippen molar-refractivity contribution < 1.29 is 9.66 Å². The molecule has 0 aliphatic rings. The number of benzene rings is 2. The van der Waals surface area contributed by atoms with E-state index in [0.717, 1.165) is 5.56 Å². The summed E-state index contributed by atoms with van der Waals surface area (Å²) in [6.45, 7) is 0. The van der Waals surface area contributed by atoms with Crippen LogP contribution >= 0.6 is 0 Å². The maximum absolute atomic E-state index is 11.3. The molecule has 0 unspecified atom stereocenters. The van der Waals surface area contributed by atoms with Crippen molar-refractivity contribution in [1.29, 1.82) is 0 Å². The molecule has 1 heterocycles. The third-order valence-corrected chi connectivity index (χ3v) is 3.45. The number of pyridine rings is 1. The van der Waals surface area contributed by atoms with Crippen LogP contribution in [0.4, 0.5) is 5.69 Å². The molecular formula is C18H14N2O3. The minimum atomic E-state index is -0.442. The van der Waals surface area contributed by atoms with Gasteiger partial charge in [-0.3, -0.25) is 10.1 Å². The van der Waals surface area contributed by atoms with Crippen molar-refractivity contribution in [3.63, 3.8) is 0 Å². The number of methoxy groups -OCH3 is 1. The molecule has 0 N–H and O–H groups in total. The number of rotatable bonds is 4. The van der Waals surface area contributed by atoms with Crippen LogP contribution in [0.1, 0.15) is 11.3 Å².